The van der Waals surface area contributed by atoms with Crippen molar-refractivity contribution >= 4 is 57.8 Å². The standard InChI is InChI=1S/C21H15FN2O3S.Li.H/c1-12-11-13(7-9-16(12)22)23-18-15-8-10-17(25)24(14-5-3-2-4-6-14)20(15)28-19(18)21(26)27;;/h2-11,23H,1H3,(H,26,27);;. The van der Waals surface area contributed by atoms with E-state index in [0.29, 0.717) is 32.8 Å². The van der Waals surface area contributed by atoms with Crippen LogP contribution in [0.1, 0.15) is 15.2 Å². The molecule has 0 aliphatic rings. The minimum atomic E-state index is -1.10. The predicted molar refractivity (Wildman–Crippen MR) is 116 cm³/mol. The zero-order chi connectivity index (χ0) is 19.8. The maximum absolute atomic E-state index is 13.6. The van der Waals surface area contributed by atoms with Crippen LogP contribution in [0, 0.1) is 12.7 Å². The third-order valence-electron chi connectivity index (χ3n) is 4.38. The van der Waals surface area contributed by atoms with E-state index < -0.39 is 5.97 Å². The molecular weight excluding hydrogens is 386 g/mol. The van der Waals surface area contributed by atoms with Gasteiger partial charge in [-0.25, -0.2) is 9.18 Å². The van der Waals surface area contributed by atoms with Gasteiger partial charge < -0.3 is 10.4 Å². The first-order valence-corrected chi connectivity index (χ1v) is 9.28. The third kappa shape index (κ3) is 3.85. The van der Waals surface area contributed by atoms with Gasteiger partial charge in [0.25, 0.3) is 5.56 Å². The number of nitrogens with one attached hydrogen (secondary N) is 1. The van der Waals surface area contributed by atoms with Crippen molar-refractivity contribution in [3.05, 3.63) is 87.3 Å². The predicted octanol–water partition coefficient (Wildman–Crippen LogP) is 4.29. The fourth-order valence-electron chi connectivity index (χ4n) is 3.04. The molecule has 0 bridgehead atoms. The van der Waals surface area contributed by atoms with Gasteiger partial charge in [0.05, 0.1) is 11.4 Å². The number of aromatic nitrogens is 1. The average molecular weight is 402 g/mol. The molecule has 0 fully saturated rings. The number of aromatic carboxylic acids is 1. The Morgan fingerprint density at radius 3 is 2.48 bits per heavy atom. The molecule has 0 amide bonds. The summed E-state index contributed by atoms with van der Waals surface area (Å²) in [5.41, 5.74) is 1.80. The monoisotopic (exact) mass is 402 g/mol. The number of fused-ring (bicyclic) bond motifs is 1. The Morgan fingerprint density at radius 1 is 1.10 bits per heavy atom. The van der Waals surface area contributed by atoms with E-state index in [9.17, 15) is 19.1 Å². The van der Waals surface area contributed by atoms with Crippen molar-refractivity contribution in [3.8, 4) is 5.69 Å². The number of hydrogen-bond acceptors (Lipinski definition) is 4. The van der Waals surface area contributed by atoms with Crippen LogP contribution >= 0.6 is 11.3 Å². The Bertz CT molecular complexity index is 1270. The fraction of sp³-hybridized carbons (Fsp3) is 0.0476. The molecule has 4 rings (SSSR count). The van der Waals surface area contributed by atoms with Gasteiger partial charge in [0.2, 0.25) is 0 Å². The average Bonchev–Trinajstić information content (AvgIpc) is 3.04. The summed E-state index contributed by atoms with van der Waals surface area (Å²) in [6.45, 7) is 1.64. The molecule has 2 N–H and O–H groups in total. The number of carboxylic acid groups (broad SMARTS) is 1. The second kappa shape index (κ2) is 8.25. The number of thiophene rings is 1. The molecule has 5 nitrogen and oxygen atoms in total. The SMILES string of the molecule is Cc1cc(Nc2c(C(=O)O)sc3c2ccc(=O)n3-c2ccccc2)ccc1F.[LiH]. The van der Waals surface area contributed by atoms with Crippen LogP contribution in [0.15, 0.2) is 65.5 Å². The van der Waals surface area contributed by atoms with Gasteiger partial charge in [-0.05, 0) is 48.9 Å². The van der Waals surface area contributed by atoms with Crippen LogP contribution in [0.5, 0.6) is 0 Å². The summed E-state index contributed by atoms with van der Waals surface area (Å²) >= 11 is 1.02. The van der Waals surface area contributed by atoms with Crippen molar-refractivity contribution in [3.63, 3.8) is 0 Å². The van der Waals surface area contributed by atoms with E-state index in [4.69, 9.17) is 0 Å². The van der Waals surface area contributed by atoms with Crippen LogP contribution < -0.4 is 10.9 Å². The molecule has 2 aromatic carbocycles. The Morgan fingerprint density at radius 2 is 1.83 bits per heavy atom. The first-order valence-electron chi connectivity index (χ1n) is 8.46. The molecule has 8 heteroatoms. The summed E-state index contributed by atoms with van der Waals surface area (Å²) in [6.07, 6.45) is 0. The number of pyridine rings is 1. The zero-order valence-electron chi connectivity index (χ0n) is 14.8. The summed E-state index contributed by atoms with van der Waals surface area (Å²) in [7, 11) is 0. The van der Waals surface area contributed by atoms with Crippen molar-refractivity contribution in [1.29, 1.82) is 0 Å². The van der Waals surface area contributed by atoms with Gasteiger partial charge in [-0.15, -0.1) is 11.3 Å². The Labute approximate surface area is 181 Å². The molecular formula is C21H16FLiN2O3S. The number of carboxylic acids is 1. The molecule has 0 saturated carbocycles. The molecule has 29 heavy (non-hydrogen) atoms. The number of para-hydroxylation sites is 1. The van der Waals surface area contributed by atoms with Gasteiger partial charge in [-0.3, -0.25) is 9.36 Å². The summed E-state index contributed by atoms with van der Waals surface area (Å²) in [4.78, 5) is 25.0. The fourth-order valence-corrected chi connectivity index (χ4v) is 4.16. The van der Waals surface area contributed by atoms with Crippen LogP contribution in [0.3, 0.4) is 0 Å². The van der Waals surface area contributed by atoms with Crippen LogP contribution in [-0.2, 0) is 0 Å². The van der Waals surface area contributed by atoms with E-state index in [0.717, 1.165) is 11.3 Å². The van der Waals surface area contributed by atoms with Gasteiger partial charge in [-0.1, -0.05) is 18.2 Å². The number of hydrogen-bond donors (Lipinski definition) is 2. The maximum atomic E-state index is 13.6. The van der Waals surface area contributed by atoms with Crippen LogP contribution in [0.2, 0.25) is 0 Å². The first-order chi connectivity index (χ1) is 13.5. The van der Waals surface area contributed by atoms with E-state index in [1.54, 1.807) is 37.3 Å². The summed E-state index contributed by atoms with van der Waals surface area (Å²) in [5, 5.41) is 13.4. The van der Waals surface area contributed by atoms with Crippen LogP contribution in [0.4, 0.5) is 15.8 Å². The summed E-state index contributed by atoms with van der Waals surface area (Å²) in [6, 6.07) is 16.5. The van der Waals surface area contributed by atoms with Gasteiger partial charge >= 0.3 is 24.8 Å². The van der Waals surface area contributed by atoms with Gasteiger partial charge in [0.1, 0.15) is 15.5 Å². The summed E-state index contributed by atoms with van der Waals surface area (Å²) < 4.78 is 15.1. The Balaban J connectivity index is 0.00000240. The van der Waals surface area contributed by atoms with Crippen molar-refractivity contribution < 1.29 is 14.3 Å². The molecule has 2 heterocycles. The topological polar surface area (TPSA) is 71.3 Å². The molecule has 0 atom stereocenters. The normalized spacial score (nSPS) is 10.6. The van der Waals surface area contributed by atoms with E-state index in [-0.39, 0.29) is 35.1 Å². The molecule has 0 aliphatic heterocycles. The number of rotatable bonds is 4. The summed E-state index contributed by atoms with van der Waals surface area (Å²) in [5.74, 6) is -1.44. The number of carbonyl (C=O) groups is 1. The van der Waals surface area contributed by atoms with Crippen LogP contribution in [-0.4, -0.2) is 34.5 Å². The van der Waals surface area contributed by atoms with Gasteiger partial charge in [0.15, 0.2) is 0 Å². The van der Waals surface area contributed by atoms with Crippen molar-refractivity contribution in [1.82, 2.24) is 4.57 Å². The quantitative estimate of drug-likeness (QED) is 0.500. The van der Waals surface area contributed by atoms with E-state index in [2.05, 4.69) is 5.32 Å². The molecule has 0 unspecified atom stereocenters. The second-order valence-corrected chi connectivity index (χ2v) is 7.26. The van der Waals surface area contributed by atoms with Gasteiger partial charge in [-0.2, -0.15) is 0 Å². The van der Waals surface area contributed by atoms with Crippen molar-refractivity contribution in [2.45, 2.75) is 6.92 Å². The molecule has 2 aromatic heterocycles. The molecule has 0 saturated heterocycles. The Hall–Kier alpha value is -2.85. The molecule has 4 aromatic rings. The Kier molecular flexibility index (Phi) is 5.94. The van der Waals surface area contributed by atoms with E-state index >= 15 is 0 Å². The zero-order valence-corrected chi connectivity index (χ0v) is 15.6. The number of halogens is 1. The molecule has 0 radical (unpaired) electrons. The first kappa shape index (κ1) is 20.9. The molecule has 0 spiro atoms. The molecule has 142 valence electrons. The number of aryl methyl sites for hydroxylation is 1. The van der Waals surface area contributed by atoms with Crippen molar-refractivity contribution in [2.24, 2.45) is 0 Å². The van der Waals surface area contributed by atoms with E-state index in [1.807, 2.05) is 18.2 Å². The number of nitrogens with zero attached hydrogens (tertiary/aromatic N) is 1. The minimum absolute atomic E-state index is 0. The number of benzene rings is 2. The van der Waals surface area contributed by atoms with Crippen LogP contribution in [0.25, 0.3) is 15.9 Å². The van der Waals surface area contributed by atoms with Gasteiger partial charge in [0, 0.05) is 17.1 Å². The second-order valence-electron chi connectivity index (χ2n) is 6.26. The number of anilines is 2. The molecule has 0 aliphatic carbocycles. The third-order valence-corrected chi connectivity index (χ3v) is 5.56. The van der Waals surface area contributed by atoms with E-state index in [1.165, 1.54) is 16.7 Å². The van der Waals surface area contributed by atoms with Crippen molar-refractivity contribution in [2.75, 3.05) is 5.32 Å².